The van der Waals surface area contributed by atoms with Crippen molar-refractivity contribution in [1.82, 2.24) is 9.80 Å². The maximum atomic E-state index is 12.8. The highest BCUT2D eigenvalue weighted by molar-refractivity contribution is 5.90. The maximum Gasteiger partial charge on any atom is 0.314 e. The number of hydrogen-bond acceptors (Lipinski definition) is 3. The molecule has 2 saturated heterocycles. The third-order valence-corrected chi connectivity index (χ3v) is 5.80. The van der Waals surface area contributed by atoms with Gasteiger partial charge in [-0.25, -0.2) is 0 Å². The Balaban J connectivity index is 1.69. The fourth-order valence-corrected chi connectivity index (χ4v) is 4.15. The van der Waals surface area contributed by atoms with Crippen LogP contribution in [0.2, 0.25) is 0 Å². The fraction of sp³-hybridized carbons (Fsp3) is 0.550. The Morgan fingerprint density at radius 1 is 1.15 bits per heavy atom. The molecule has 0 spiro atoms. The zero-order chi connectivity index (χ0) is 18.9. The average Bonchev–Trinajstić information content (AvgIpc) is 3.04. The van der Waals surface area contributed by atoms with E-state index in [1.165, 1.54) is 0 Å². The number of carbonyl (C=O) groups is 3. The molecule has 2 fully saturated rings. The van der Waals surface area contributed by atoms with Gasteiger partial charge < -0.3 is 14.9 Å². The summed E-state index contributed by atoms with van der Waals surface area (Å²) >= 11 is 0. The third kappa shape index (κ3) is 3.20. The largest absolute Gasteiger partial charge is 0.481 e. The Kier molecular flexibility index (Phi) is 5.03. The number of aliphatic carboxylic acids is 1. The first kappa shape index (κ1) is 18.4. The summed E-state index contributed by atoms with van der Waals surface area (Å²) in [5, 5.41) is 9.85. The van der Waals surface area contributed by atoms with Crippen LogP contribution in [-0.4, -0.2) is 58.4 Å². The molecule has 0 aliphatic carbocycles. The number of carbonyl (C=O) groups excluding carboxylic acids is 2. The van der Waals surface area contributed by atoms with Crippen LogP contribution in [0.1, 0.15) is 38.7 Å². The van der Waals surface area contributed by atoms with Crippen LogP contribution in [0.4, 0.5) is 0 Å². The molecule has 0 aromatic heterocycles. The normalized spacial score (nSPS) is 22.7. The highest BCUT2D eigenvalue weighted by Gasteiger charge is 2.45. The van der Waals surface area contributed by atoms with E-state index in [1.807, 2.05) is 44.2 Å². The van der Waals surface area contributed by atoms with Gasteiger partial charge >= 0.3 is 5.97 Å². The van der Waals surface area contributed by atoms with Crippen molar-refractivity contribution in [3.8, 4) is 0 Å². The molecular weight excluding hydrogens is 332 g/mol. The van der Waals surface area contributed by atoms with Crippen LogP contribution in [0.3, 0.4) is 0 Å². The first-order chi connectivity index (χ1) is 12.3. The maximum absolute atomic E-state index is 12.8. The summed E-state index contributed by atoms with van der Waals surface area (Å²) in [6.07, 6.45) is 1.05. The first-order valence-corrected chi connectivity index (χ1v) is 9.22. The molecule has 0 radical (unpaired) electrons. The SMILES string of the molecule is CC(C)N1CC(C(=O)N2CCC(C(=O)O)(c3ccccc3)CC2)CC1=O. The molecule has 1 N–H and O–H groups in total. The quantitative estimate of drug-likeness (QED) is 0.892. The van der Waals surface area contributed by atoms with Crippen LogP contribution < -0.4 is 0 Å². The molecule has 1 unspecified atom stereocenters. The number of amides is 2. The summed E-state index contributed by atoms with van der Waals surface area (Å²) in [6, 6.07) is 9.36. The Morgan fingerprint density at radius 2 is 1.77 bits per heavy atom. The average molecular weight is 358 g/mol. The van der Waals surface area contributed by atoms with Crippen molar-refractivity contribution < 1.29 is 19.5 Å². The van der Waals surface area contributed by atoms with Gasteiger partial charge in [0.25, 0.3) is 0 Å². The van der Waals surface area contributed by atoms with E-state index in [-0.39, 0.29) is 30.2 Å². The molecule has 140 valence electrons. The second-order valence-corrected chi connectivity index (χ2v) is 7.62. The summed E-state index contributed by atoms with van der Waals surface area (Å²) in [5.41, 5.74) is -0.144. The van der Waals surface area contributed by atoms with E-state index >= 15 is 0 Å². The van der Waals surface area contributed by atoms with Crippen molar-refractivity contribution in [3.05, 3.63) is 35.9 Å². The summed E-state index contributed by atoms with van der Waals surface area (Å²) in [5.74, 6) is -1.13. The molecule has 3 rings (SSSR count). The predicted molar refractivity (Wildman–Crippen MR) is 96.5 cm³/mol. The van der Waals surface area contributed by atoms with E-state index in [0.29, 0.717) is 32.5 Å². The number of rotatable bonds is 4. The Morgan fingerprint density at radius 3 is 2.27 bits per heavy atom. The number of carboxylic acid groups (broad SMARTS) is 1. The number of likely N-dealkylation sites (tertiary alicyclic amines) is 2. The van der Waals surface area contributed by atoms with Crippen LogP contribution in [0.5, 0.6) is 0 Å². The molecule has 0 saturated carbocycles. The Hall–Kier alpha value is -2.37. The number of piperidine rings is 1. The van der Waals surface area contributed by atoms with Crippen molar-refractivity contribution in [1.29, 1.82) is 0 Å². The predicted octanol–water partition coefficient (Wildman–Crippen LogP) is 1.89. The van der Waals surface area contributed by atoms with Crippen molar-refractivity contribution in [3.63, 3.8) is 0 Å². The molecule has 1 aromatic rings. The van der Waals surface area contributed by atoms with Crippen molar-refractivity contribution in [2.45, 2.75) is 44.6 Å². The zero-order valence-electron chi connectivity index (χ0n) is 15.4. The molecule has 2 aliphatic heterocycles. The van der Waals surface area contributed by atoms with E-state index in [1.54, 1.807) is 9.80 Å². The summed E-state index contributed by atoms with van der Waals surface area (Å²) in [7, 11) is 0. The van der Waals surface area contributed by atoms with Crippen LogP contribution in [0.15, 0.2) is 30.3 Å². The first-order valence-electron chi connectivity index (χ1n) is 9.22. The van der Waals surface area contributed by atoms with E-state index in [9.17, 15) is 19.5 Å². The lowest BCUT2D eigenvalue weighted by atomic mass is 9.72. The molecule has 2 heterocycles. The Bertz CT molecular complexity index is 693. The van der Waals surface area contributed by atoms with Gasteiger partial charge in [0.1, 0.15) is 0 Å². The summed E-state index contributed by atoms with van der Waals surface area (Å²) in [4.78, 5) is 40.4. The van der Waals surface area contributed by atoms with Gasteiger partial charge in [0.05, 0.1) is 11.3 Å². The third-order valence-electron chi connectivity index (χ3n) is 5.80. The minimum absolute atomic E-state index is 0.0199. The zero-order valence-corrected chi connectivity index (χ0v) is 15.4. The van der Waals surface area contributed by atoms with Crippen LogP contribution >= 0.6 is 0 Å². The minimum atomic E-state index is -0.937. The van der Waals surface area contributed by atoms with Gasteiger partial charge in [-0.15, -0.1) is 0 Å². The molecule has 6 heteroatoms. The van der Waals surface area contributed by atoms with Crippen molar-refractivity contribution in [2.75, 3.05) is 19.6 Å². The number of carboxylic acids is 1. The standard InChI is InChI=1S/C20H26N2O4/c1-14(2)22-13-15(12-17(22)23)18(24)21-10-8-20(9-11-21,19(25)26)16-6-4-3-5-7-16/h3-7,14-15H,8-13H2,1-2H3,(H,25,26). The lowest BCUT2D eigenvalue weighted by molar-refractivity contribution is -0.149. The van der Waals surface area contributed by atoms with E-state index in [2.05, 4.69) is 0 Å². The number of hydrogen-bond donors (Lipinski definition) is 1. The van der Waals surface area contributed by atoms with Crippen LogP contribution in [-0.2, 0) is 19.8 Å². The van der Waals surface area contributed by atoms with Crippen molar-refractivity contribution >= 4 is 17.8 Å². The second-order valence-electron chi connectivity index (χ2n) is 7.62. The molecule has 2 amide bonds. The van der Waals surface area contributed by atoms with Crippen molar-refractivity contribution in [2.24, 2.45) is 5.92 Å². The molecule has 26 heavy (non-hydrogen) atoms. The molecule has 1 aromatic carbocycles. The van der Waals surface area contributed by atoms with Gasteiger partial charge in [0, 0.05) is 32.1 Å². The second kappa shape index (κ2) is 7.09. The fourth-order valence-electron chi connectivity index (χ4n) is 4.15. The molecule has 2 aliphatic rings. The minimum Gasteiger partial charge on any atom is -0.481 e. The van der Waals surface area contributed by atoms with E-state index < -0.39 is 11.4 Å². The molecule has 6 nitrogen and oxygen atoms in total. The highest BCUT2D eigenvalue weighted by Crippen LogP contribution is 2.36. The van der Waals surface area contributed by atoms with Crippen LogP contribution in [0, 0.1) is 5.92 Å². The monoisotopic (exact) mass is 358 g/mol. The van der Waals surface area contributed by atoms with Gasteiger partial charge in [-0.05, 0) is 32.3 Å². The van der Waals surface area contributed by atoms with Gasteiger partial charge in [-0.2, -0.15) is 0 Å². The topological polar surface area (TPSA) is 77.9 Å². The highest BCUT2D eigenvalue weighted by atomic mass is 16.4. The Labute approximate surface area is 153 Å². The van der Waals surface area contributed by atoms with E-state index in [0.717, 1.165) is 5.56 Å². The lowest BCUT2D eigenvalue weighted by Crippen LogP contribution is -2.50. The number of nitrogens with zero attached hydrogens (tertiary/aromatic N) is 2. The summed E-state index contributed by atoms with van der Waals surface area (Å²) in [6.45, 7) is 5.19. The van der Waals surface area contributed by atoms with Crippen LogP contribution in [0.25, 0.3) is 0 Å². The van der Waals surface area contributed by atoms with Gasteiger partial charge in [0.2, 0.25) is 11.8 Å². The smallest absolute Gasteiger partial charge is 0.314 e. The van der Waals surface area contributed by atoms with Gasteiger partial charge in [-0.3, -0.25) is 14.4 Å². The molecular formula is C20H26N2O4. The number of benzene rings is 1. The molecule has 0 bridgehead atoms. The summed E-state index contributed by atoms with van der Waals surface area (Å²) < 4.78 is 0. The van der Waals surface area contributed by atoms with Gasteiger partial charge in [-0.1, -0.05) is 30.3 Å². The van der Waals surface area contributed by atoms with E-state index in [4.69, 9.17) is 0 Å². The van der Waals surface area contributed by atoms with Gasteiger partial charge in [0.15, 0.2) is 0 Å². The molecule has 1 atom stereocenters. The lowest BCUT2D eigenvalue weighted by Gasteiger charge is -2.40.